The molecule has 2 heteroatoms. The van der Waals surface area contributed by atoms with Gasteiger partial charge in [-0.15, -0.1) is 0 Å². The Morgan fingerprint density at radius 2 is 1.89 bits per heavy atom. The average molecular weight is 258 g/mol. The molecular formula is C17H26N2. The molecule has 0 radical (unpaired) electrons. The van der Waals surface area contributed by atoms with E-state index in [0.29, 0.717) is 11.6 Å². The van der Waals surface area contributed by atoms with Crippen molar-refractivity contribution in [3.05, 3.63) is 35.9 Å². The summed E-state index contributed by atoms with van der Waals surface area (Å²) >= 11 is 0. The first-order valence-electron chi connectivity index (χ1n) is 7.65. The van der Waals surface area contributed by atoms with Gasteiger partial charge in [0.15, 0.2) is 0 Å². The number of benzene rings is 1. The largest absolute Gasteiger partial charge is 0.305 e. The van der Waals surface area contributed by atoms with Crippen LogP contribution in [0.5, 0.6) is 0 Å². The second kappa shape index (κ2) is 4.60. The molecule has 1 N–H and O–H groups in total. The summed E-state index contributed by atoms with van der Waals surface area (Å²) in [6, 6.07) is 11.6. The molecule has 0 amide bonds. The van der Waals surface area contributed by atoms with Crippen LogP contribution in [-0.4, -0.2) is 29.6 Å². The molecule has 1 saturated carbocycles. The summed E-state index contributed by atoms with van der Waals surface area (Å²) in [6.45, 7) is 9.35. The van der Waals surface area contributed by atoms with Gasteiger partial charge in [-0.25, -0.2) is 0 Å². The van der Waals surface area contributed by atoms with Gasteiger partial charge < -0.3 is 5.32 Å². The normalized spacial score (nSPS) is 34.2. The van der Waals surface area contributed by atoms with Gasteiger partial charge in [0.25, 0.3) is 0 Å². The van der Waals surface area contributed by atoms with E-state index >= 15 is 0 Å². The zero-order chi connectivity index (χ0) is 13.5. The Labute approximate surface area is 117 Å². The lowest BCUT2D eigenvalue weighted by molar-refractivity contribution is 0.0393. The second-order valence-corrected chi connectivity index (χ2v) is 6.77. The summed E-state index contributed by atoms with van der Waals surface area (Å²) in [6.07, 6.45) is 3.98. The van der Waals surface area contributed by atoms with E-state index in [1.807, 2.05) is 0 Å². The van der Waals surface area contributed by atoms with E-state index < -0.39 is 0 Å². The zero-order valence-corrected chi connectivity index (χ0v) is 12.4. The van der Waals surface area contributed by atoms with Crippen molar-refractivity contribution in [1.82, 2.24) is 10.2 Å². The van der Waals surface area contributed by atoms with Gasteiger partial charge >= 0.3 is 0 Å². The van der Waals surface area contributed by atoms with Gasteiger partial charge in [0.05, 0.1) is 5.54 Å². The maximum atomic E-state index is 3.80. The Morgan fingerprint density at radius 3 is 2.47 bits per heavy atom. The standard InChI is InChI=1S/C17H26N2/c1-4-15-12-18-17(3,14-8-6-5-7-9-14)13-19(15)16(2)10-11-16/h5-9,15,18H,4,10-13H2,1-3H3. The predicted octanol–water partition coefficient (Wildman–Crippen LogP) is 3.14. The molecule has 104 valence electrons. The summed E-state index contributed by atoms with van der Waals surface area (Å²) in [5.74, 6) is 0. The highest BCUT2D eigenvalue weighted by atomic mass is 15.3. The Morgan fingerprint density at radius 1 is 1.21 bits per heavy atom. The van der Waals surface area contributed by atoms with E-state index in [0.717, 1.165) is 13.1 Å². The van der Waals surface area contributed by atoms with E-state index in [1.54, 1.807) is 0 Å². The van der Waals surface area contributed by atoms with E-state index in [1.165, 1.54) is 24.8 Å². The van der Waals surface area contributed by atoms with Gasteiger partial charge in [0.1, 0.15) is 0 Å². The molecule has 2 aliphatic rings. The van der Waals surface area contributed by atoms with Crippen molar-refractivity contribution in [3.63, 3.8) is 0 Å². The van der Waals surface area contributed by atoms with Crippen LogP contribution in [0.4, 0.5) is 0 Å². The molecule has 2 nitrogen and oxygen atoms in total. The highest BCUT2D eigenvalue weighted by molar-refractivity contribution is 5.26. The van der Waals surface area contributed by atoms with Crippen molar-refractivity contribution in [1.29, 1.82) is 0 Å². The molecule has 3 rings (SSSR count). The third-order valence-corrected chi connectivity index (χ3v) is 5.20. The predicted molar refractivity (Wildman–Crippen MR) is 80.2 cm³/mol. The van der Waals surface area contributed by atoms with E-state index in [-0.39, 0.29) is 5.54 Å². The summed E-state index contributed by atoms with van der Waals surface area (Å²) in [5.41, 5.74) is 1.98. The van der Waals surface area contributed by atoms with Crippen molar-refractivity contribution in [2.24, 2.45) is 0 Å². The summed E-state index contributed by atoms with van der Waals surface area (Å²) in [7, 11) is 0. The first-order valence-corrected chi connectivity index (χ1v) is 7.65. The van der Waals surface area contributed by atoms with Crippen molar-refractivity contribution < 1.29 is 0 Å². The molecule has 0 aromatic heterocycles. The van der Waals surface area contributed by atoms with Gasteiger partial charge in [0.2, 0.25) is 0 Å². The summed E-state index contributed by atoms with van der Waals surface area (Å²) in [4.78, 5) is 2.77. The minimum atomic E-state index is 0.0958. The lowest BCUT2D eigenvalue weighted by Gasteiger charge is -2.49. The topological polar surface area (TPSA) is 15.3 Å². The van der Waals surface area contributed by atoms with Crippen LogP contribution < -0.4 is 5.32 Å². The van der Waals surface area contributed by atoms with Gasteiger partial charge in [-0.2, -0.15) is 0 Å². The molecule has 0 bridgehead atoms. The molecule has 1 aliphatic carbocycles. The quantitative estimate of drug-likeness (QED) is 0.896. The smallest absolute Gasteiger partial charge is 0.0535 e. The fourth-order valence-electron chi connectivity index (χ4n) is 3.44. The van der Waals surface area contributed by atoms with Crippen LogP contribution in [0.3, 0.4) is 0 Å². The number of nitrogens with one attached hydrogen (secondary N) is 1. The number of nitrogens with zero attached hydrogens (tertiary/aromatic N) is 1. The second-order valence-electron chi connectivity index (χ2n) is 6.77. The number of hydrogen-bond donors (Lipinski definition) is 1. The monoisotopic (exact) mass is 258 g/mol. The summed E-state index contributed by atoms with van der Waals surface area (Å²) < 4.78 is 0. The van der Waals surface area contributed by atoms with Gasteiger partial charge in [-0.3, -0.25) is 4.90 Å². The Hall–Kier alpha value is -0.860. The third-order valence-electron chi connectivity index (χ3n) is 5.20. The minimum absolute atomic E-state index is 0.0958. The Balaban J connectivity index is 1.86. The number of hydrogen-bond acceptors (Lipinski definition) is 2. The molecule has 2 fully saturated rings. The molecule has 1 aromatic rings. The highest BCUT2D eigenvalue weighted by Crippen LogP contribution is 2.45. The van der Waals surface area contributed by atoms with E-state index in [9.17, 15) is 0 Å². The number of rotatable bonds is 3. The molecular weight excluding hydrogens is 232 g/mol. The fraction of sp³-hybridized carbons (Fsp3) is 0.647. The Kier molecular flexibility index (Phi) is 3.18. The lowest BCUT2D eigenvalue weighted by Crippen LogP contribution is -2.63. The molecule has 2 atom stereocenters. The maximum Gasteiger partial charge on any atom is 0.0535 e. The first-order chi connectivity index (χ1) is 9.07. The SMILES string of the molecule is CCC1CNC(C)(c2ccccc2)CN1C1(C)CC1. The molecule has 1 aliphatic heterocycles. The van der Waals surface area contributed by atoms with Gasteiger partial charge in [0, 0.05) is 24.7 Å². The van der Waals surface area contributed by atoms with Crippen molar-refractivity contribution in [3.8, 4) is 0 Å². The van der Waals surface area contributed by atoms with Gasteiger partial charge in [-0.1, -0.05) is 37.3 Å². The van der Waals surface area contributed by atoms with Crippen molar-refractivity contribution in [2.45, 2.75) is 57.2 Å². The Bertz CT molecular complexity index is 438. The molecule has 1 heterocycles. The molecule has 1 aromatic carbocycles. The van der Waals surface area contributed by atoms with Crippen molar-refractivity contribution in [2.75, 3.05) is 13.1 Å². The van der Waals surface area contributed by atoms with E-state index in [2.05, 4.69) is 61.3 Å². The van der Waals surface area contributed by atoms with Gasteiger partial charge in [-0.05, 0) is 38.7 Å². The van der Waals surface area contributed by atoms with Crippen LogP contribution in [0.2, 0.25) is 0 Å². The fourth-order valence-corrected chi connectivity index (χ4v) is 3.44. The van der Waals surface area contributed by atoms with Crippen LogP contribution in [0.1, 0.15) is 45.6 Å². The summed E-state index contributed by atoms with van der Waals surface area (Å²) in [5, 5.41) is 3.80. The van der Waals surface area contributed by atoms with Crippen LogP contribution >= 0.6 is 0 Å². The average Bonchev–Trinajstić information content (AvgIpc) is 3.19. The number of piperazine rings is 1. The maximum absolute atomic E-state index is 3.80. The van der Waals surface area contributed by atoms with Crippen molar-refractivity contribution >= 4 is 0 Å². The van der Waals surface area contributed by atoms with Crippen LogP contribution in [0.25, 0.3) is 0 Å². The van der Waals surface area contributed by atoms with Crippen LogP contribution in [-0.2, 0) is 5.54 Å². The minimum Gasteiger partial charge on any atom is -0.305 e. The zero-order valence-electron chi connectivity index (χ0n) is 12.4. The first kappa shape index (κ1) is 13.1. The van der Waals surface area contributed by atoms with Crippen LogP contribution in [0, 0.1) is 0 Å². The highest BCUT2D eigenvalue weighted by Gasteiger charge is 2.50. The van der Waals surface area contributed by atoms with E-state index in [4.69, 9.17) is 0 Å². The molecule has 2 unspecified atom stereocenters. The molecule has 1 saturated heterocycles. The molecule has 0 spiro atoms. The third kappa shape index (κ3) is 2.32. The molecule has 19 heavy (non-hydrogen) atoms. The lowest BCUT2D eigenvalue weighted by atomic mass is 9.86. The van der Waals surface area contributed by atoms with Crippen LogP contribution in [0.15, 0.2) is 30.3 Å².